The Hall–Kier alpha value is -2.31. The zero-order chi connectivity index (χ0) is 20.6. The van der Waals surface area contributed by atoms with E-state index < -0.39 is 0 Å². The predicted molar refractivity (Wildman–Crippen MR) is 111 cm³/mol. The van der Waals surface area contributed by atoms with E-state index in [2.05, 4.69) is 27.3 Å². The van der Waals surface area contributed by atoms with Gasteiger partial charge in [-0.25, -0.2) is 4.39 Å². The van der Waals surface area contributed by atoms with E-state index in [1.54, 1.807) is 19.2 Å². The summed E-state index contributed by atoms with van der Waals surface area (Å²) in [7, 11) is 1.63. The zero-order valence-corrected chi connectivity index (χ0v) is 17.2. The Kier molecular flexibility index (Phi) is 7.72. The smallest absolute Gasteiger partial charge is 0.234 e. The molecule has 0 spiro atoms. The fraction of sp³-hybridized carbons (Fsp3) is 0.478. The molecule has 0 bridgehead atoms. The van der Waals surface area contributed by atoms with Crippen molar-refractivity contribution < 1.29 is 13.9 Å². The number of nitrogens with one attached hydrogen (secondary N) is 1. The van der Waals surface area contributed by atoms with Crippen molar-refractivity contribution in [2.24, 2.45) is 0 Å². The highest BCUT2D eigenvalue weighted by molar-refractivity contribution is 5.78. The van der Waals surface area contributed by atoms with Crippen molar-refractivity contribution in [3.8, 4) is 0 Å². The molecule has 0 saturated carbocycles. The molecule has 0 aliphatic carbocycles. The molecule has 0 radical (unpaired) electrons. The summed E-state index contributed by atoms with van der Waals surface area (Å²) in [6, 6.07) is 10.9. The Labute approximate surface area is 172 Å². The van der Waals surface area contributed by atoms with Gasteiger partial charge in [-0.05, 0) is 68.6 Å². The van der Waals surface area contributed by atoms with E-state index >= 15 is 0 Å². The van der Waals surface area contributed by atoms with Gasteiger partial charge in [0.1, 0.15) is 5.82 Å². The number of piperidine rings is 1. The second-order valence-corrected chi connectivity index (χ2v) is 7.87. The van der Waals surface area contributed by atoms with E-state index in [1.165, 1.54) is 6.07 Å². The Morgan fingerprint density at radius 3 is 2.72 bits per heavy atom. The Bertz CT molecular complexity index is 789. The van der Waals surface area contributed by atoms with Crippen LogP contribution in [-0.2, 0) is 16.0 Å². The number of hydrogen-bond acceptors (Lipinski definition) is 4. The second kappa shape index (κ2) is 10.5. The average Bonchev–Trinajstić information content (AvgIpc) is 2.69. The van der Waals surface area contributed by atoms with Crippen LogP contribution in [0.25, 0.3) is 0 Å². The summed E-state index contributed by atoms with van der Waals surface area (Å²) >= 11 is 0. The van der Waals surface area contributed by atoms with Crippen LogP contribution in [-0.4, -0.2) is 55.2 Å². The second-order valence-electron chi connectivity index (χ2n) is 7.87. The average molecular weight is 400 g/mol. The Morgan fingerprint density at radius 2 is 2.07 bits per heavy atom. The van der Waals surface area contributed by atoms with E-state index in [-0.39, 0.29) is 17.8 Å². The van der Waals surface area contributed by atoms with Gasteiger partial charge in [-0.3, -0.25) is 14.7 Å². The molecule has 1 N–H and O–H groups in total. The van der Waals surface area contributed by atoms with Crippen LogP contribution in [0.5, 0.6) is 0 Å². The number of hydrogen-bond donors (Lipinski definition) is 1. The fourth-order valence-corrected chi connectivity index (χ4v) is 3.87. The molecule has 1 aliphatic rings. The van der Waals surface area contributed by atoms with Gasteiger partial charge >= 0.3 is 0 Å². The summed E-state index contributed by atoms with van der Waals surface area (Å²) in [6.07, 6.45) is 4.58. The van der Waals surface area contributed by atoms with Gasteiger partial charge < -0.3 is 10.1 Å². The number of ether oxygens (including phenoxy) is 1. The minimum absolute atomic E-state index is 0.0279. The van der Waals surface area contributed by atoms with Crippen LogP contribution < -0.4 is 5.32 Å². The largest absolute Gasteiger partial charge is 0.383 e. The van der Waals surface area contributed by atoms with Crippen LogP contribution >= 0.6 is 0 Å². The lowest BCUT2D eigenvalue weighted by Gasteiger charge is -2.31. The van der Waals surface area contributed by atoms with E-state index in [4.69, 9.17) is 4.74 Å². The van der Waals surface area contributed by atoms with Crippen molar-refractivity contribution >= 4 is 5.91 Å². The number of nitrogens with zero attached hydrogens (tertiary/aromatic N) is 2. The van der Waals surface area contributed by atoms with E-state index in [0.29, 0.717) is 25.5 Å². The first kappa shape index (κ1) is 21.4. The van der Waals surface area contributed by atoms with Gasteiger partial charge in [0, 0.05) is 31.0 Å². The van der Waals surface area contributed by atoms with Crippen molar-refractivity contribution in [3.05, 3.63) is 65.2 Å². The highest BCUT2D eigenvalue weighted by atomic mass is 19.1. The lowest BCUT2D eigenvalue weighted by molar-refractivity contribution is -0.123. The highest BCUT2D eigenvalue weighted by Crippen LogP contribution is 2.26. The molecule has 1 amide bonds. The van der Waals surface area contributed by atoms with Gasteiger partial charge in [0.05, 0.1) is 13.2 Å². The normalized spacial score (nSPS) is 16.5. The van der Waals surface area contributed by atoms with Crippen LogP contribution in [0.4, 0.5) is 4.39 Å². The van der Waals surface area contributed by atoms with Crippen LogP contribution in [0.1, 0.15) is 42.5 Å². The SMILES string of the molecule is COC[C@@H](C)NC(=O)CN1CCC(c2ccc(Cc3cccc(F)c3)cn2)CC1. The minimum atomic E-state index is -0.208. The molecule has 1 saturated heterocycles. The molecular weight excluding hydrogens is 369 g/mol. The maximum absolute atomic E-state index is 13.3. The third kappa shape index (κ3) is 6.61. The van der Waals surface area contributed by atoms with Crippen LogP contribution in [0.3, 0.4) is 0 Å². The summed E-state index contributed by atoms with van der Waals surface area (Å²) in [5.74, 6) is 0.262. The summed E-state index contributed by atoms with van der Waals surface area (Å²) in [5, 5.41) is 2.96. The number of aromatic nitrogens is 1. The van der Waals surface area contributed by atoms with E-state index in [0.717, 1.165) is 42.8 Å². The molecule has 156 valence electrons. The fourth-order valence-electron chi connectivity index (χ4n) is 3.87. The number of pyridine rings is 1. The van der Waals surface area contributed by atoms with Gasteiger partial charge in [0.25, 0.3) is 0 Å². The molecule has 0 unspecified atom stereocenters. The van der Waals surface area contributed by atoms with Gasteiger partial charge in [-0.1, -0.05) is 18.2 Å². The molecule has 3 rings (SSSR count). The third-order valence-corrected chi connectivity index (χ3v) is 5.34. The zero-order valence-electron chi connectivity index (χ0n) is 17.2. The molecule has 2 aromatic rings. The van der Waals surface area contributed by atoms with Crippen molar-refractivity contribution in [1.29, 1.82) is 0 Å². The first-order chi connectivity index (χ1) is 14.0. The number of benzene rings is 1. The topological polar surface area (TPSA) is 54.5 Å². The minimum Gasteiger partial charge on any atom is -0.383 e. The molecule has 1 atom stereocenters. The summed E-state index contributed by atoms with van der Waals surface area (Å²) < 4.78 is 18.4. The molecule has 1 aromatic carbocycles. The third-order valence-electron chi connectivity index (χ3n) is 5.34. The number of amides is 1. The first-order valence-corrected chi connectivity index (χ1v) is 10.2. The monoisotopic (exact) mass is 399 g/mol. The molecular formula is C23H30FN3O2. The standard InChI is InChI=1S/C23H30FN3O2/c1-17(16-29-2)26-23(28)15-27-10-8-20(9-11-27)22-7-6-19(14-25-22)12-18-4-3-5-21(24)13-18/h3-7,13-14,17,20H,8-12,15-16H2,1-2H3,(H,26,28)/t17-/m1/s1. The number of carbonyl (C=O) groups excluding carboxylic acids is 1. The summed E-state index contributed by atoms with van der Waals surface area (Å²) in [4.78, 5) is 19.0. The summed E-state index contributed by atoms with van der Waals surface area (Å²) in [6.45, 7) is 4.68. The quantitative estimate of drug-likeness (QED) is 0.741. The van der Waals surface area contributed by atoms with Gasteiger partial charge in [0.15, 0.2) is 0 Å². The molecule has 1 aliphatic heterocycles. The van der Waals surface area contributed by atoms with Crippen molar-refractivity contribution in [1.82, 2.24) is 15.2 Å². The summed E-state index contributed by atoms with van der Waals surface area (Å²) in [5.41, 5.74) is 3.13. The molecule has 1 aromatic heterocycles. The number of halogens is 1. The van der Waals surface area contributed by atoms with Crippen LogP contribution in [0.15, 0.2) is 42.6 Å². The van der Waals surface area contributed by atoms with Gasteiger partial charge in [-0.15, -0.1) is 0 Å². The lowest BCUT2D eigenvalue weighted by Crippen LogP contribution is -2.44. The molecule has 6 heteroatoms. The lowest BCUT2D eigenvalue weighted by atomic mass is 9.92. The molecule has 5 nitrogen and oxygen atoms in total. The molecule has 29 heavy (non-hydrogen) atoms. The van der Waals surface area contributed by atoms with E-state index in [1.807, 2.05) is 19.2 Å². The first-order valence-electron chi connectivity index (χ1n) is 10.2. The highest BCUT2D eigenvalue weighted by Gasteiger charge is 2.23. The molecule has 1 fully saturated rings. The van der Waals surface area contributed by atoms with Crippen molar-refractivity contribution in [3.63, 3.8) is 0 Å². The van der Waals surface area contributed by atoms with E-state index in [9.17, 15) is 9.18 Å². The number of likely N-dealkylation sites (tertiary alicyclic amines) is 1. The number of rotatable bonds is 8. The van der Waals surface area contributed by atoms with Crippen LogP contribution in [0, 0.1) is 5.82 Å². The predicted octanol–water partition coefficient (Wildman–Crippen LogP) is 3.14. The maximum Gasteiger partial charge on any atom is 0.234 e. The van der Waals surface area contributed by atoms with Crippen LogP contribution in [0.2, 0.25) is 0 Å². The van der Waals surface area contributed by atoms with Gasteiger partial charge in [0.2, 0.25) is 5.91 Å². The van der Waals surface area contributed by atoms with Gasteiger partial charge in [-0.2, -0.15) is 0 Å². The Balaban J connectivity index is 1.46. The Morgan fingerprint density at radius 1 is 1.28 bits per heavy atom. The molecule has 2 heterocycles. The van der Waals surface area contributed by atoms with Crippen molar-refractivity contribution in [2.75, 3.05) is 33.4 Å². The maximum atomic E-state index is 13.3. The number of carbonyl (C=O) groups is 1. The van der Waals surface area contributed by atoms with Crippen molar-refractivity contribution in [2.45, 2.75) is 38.1 Å². The number of methoxy groups -OCH3 is 1.